The second kappa shape index (κ2) is 4.94. The molecule has 0 aromatic heterocycles. The van der Waals surface area contributed by atoms with E-state index in [-0.39, 0.29) is 17.1 Å². The minimum Gasteiger partial charge on any atom is -0.308 e. The van der Waals surface area contributed by atoms with Gasteiger partial charge in [0.05, 0.1) is 0 Å². The van der Waals surface area contributed by atoms with Gasteiger partial charge in [-0.2, -0.15) is 0 Å². The number of rotatable bonds is 1. The van der Waals surface area contributed by atoms with Gasteiger partial charge in [-0.25, -0.2) is 4.39 Å². The number of hydrogen-bond acceptors (Lipinski definition) is 2. The quantitative estimate of drug-likeness (QED) is 0.863. The molecule has 0 radical (unpaired) electrons. The van der Waals surface area contributed by atoms with E-state index in [1.54, 1.807) is 6.07 Å². The summed E-state index contributed by atoms with van der Waals surface area (Å²) in [5.41, 5.74) is 0.974. The standard InChI is InChI=1S/C11H13BrFNOS/c1-7-5-14-11(6-16(7)15)9-3-2-8(13)4-10(9)12/h2-4,7,11,14H,5-6H2,1H3. The van der Waals surface area contributed by atoms with Crippen LogP contribution in [0.5, 0.6) is 0 Å². The molecule has 1 aromatic carbocycles. The molecule has 16 heavy (non-hydrogen) atoms. The van der Waals surface area contributed by atoms with Gasteiger partial charge < -0.3 is 5.32 Å². The lowest BCUT2D eigenvalue weighted by molar-refractivity contribution is 0.537. The normalized spacial score (nSPS) is 30.3. The van der Waals surface area contributed by atoms with Crippen LogP contribution < -0.4 is 5.32 Å². The maximum atomic E-state index is 12.9. The van der Waals surface area contributed by atoms with E-state index >= 15 is 0 Å². The maximum Gasteiger partial charge on any atom is 0.124 e. The lowest BCUT2D eigenvalue weighted by Crippen LogP contribution is -2.41. The number of nitrogens with one attached hydrogen (secondary N) is 1. The zero-order chi connectivity index (χ0) is 11.7. The molecule has 2 rings (SSSR count). The van der Waals surface area contributed by atoms with E-state index in [2.05, 4.69) is 21.2 Å². The molecule has 1 saturated heterocycles. The summed E-state index contributed by atoms with van der Waals surface area (Å²) in [5.74, 6) is 0.326. The first kappa shape index (κ1) is 12.2. The molecule has 3 unspecified atom stereocenters. The van der Waals surface area contributed by atoms with Crippen LogP contribution in [0.4, 0.5) is 4.39 Å². The highest BCUT2D eigenvalue weighted by atomic mass is 79.9. The van der Waals surface area contributed by atoms with Crippen molar-refractivity contribution in [3.8, 4) is 0 Å². The Morgan fingerprint density at radius 1 is 1.56 bits per heavy atom. The van der Waals surface area contributed by atoms with E-state index in [1.165, 1.54) is 12.1 Å². The summed E-state index contributed by atoms with van der Waals surface area (Å²) in [5, 5.41) is 3.52. The molecule has 1 heterocycles. The number of benzene rings is 1. The summed E-state index contributed by atoms with van der Waals surface area (Å²) in [6.45, 7) is 2.71. The average molecular weight is 306 g/mol. The summed E-state index contributed by atoms with van der Waals surface area (Å²) in [7, 11) is -0.806. The summed E-state index contributed by atoms with van der Waals surface area (Å²) >= 11 is 3.34. The van der Waals surface area contributed by atoms with Gasteiger partial charge in [0, 0.05) is 38.9 Å². The molecule has 1 N–H and O–H groups in total. The van der Waals surface area contributed by atoms with Gasteiger partial charge in [-0.1, -0.05) is 22.0 Å². The van der Waals surface area contributed by atoms with Crippen LogP contribution in [0.1, 0.15) is 18.5 Å². The van der Waals surface area contributed by atoms with Gasteiger partial charge in [0.25, 0.3) is 0 Å². The Bertz CT molecular complexity index is 426. The summed E-state index contributed by atoms with van der Waals surface area (Å²) in [6, 6.07) is 4.66. The molecule has 88 valence electrons. The van der Waals surface area contributed by atoms with Crippen molar-refractivity contribution in [3.63, 3.8) is 0 Å². The van der Waals surface area contributed by atoms with Crippen molar-refractivity contribution in [2.24, 2.45) is 0 Å². The molecule has 5 heteroatoms. The minimum atomic E-state index is -0.806. The van der Waals surface area contributed by atoms with Crippen molar-refractivity contribution in [2.45, 2.75) is 18.2 Å². The Morgan fingerprint density at radius 2 is 2.31 bits per heavy atom. The van der Waals surface area contributed by atoms with Crippen molar-refractivity contribution in [3.05, 3.63) is 34.1 Å². The molecule has 1 fully saturated rings. The Kier molecular flexibility index (Phi) is 3.77. The van der Waals surface area contributed by atoms with Gasteiger partial charge in [-0.3, -0.25) is 4.21 Å². The predicted molar refractivity (Wildman–Crippen MR) is 67.3 cm³/mol. The fourth-order valence-electron chi connectivity index (χ4n) is 1.77. The third-order valence-electron chi connectivity index (χ3n) is 2.77. The lowest BCUT2D eigenvalue weighted by Gasteiger charge is -2.28. The van der Waals surface area contributed by atoms with E-state index in [4.69, 9.17) is 0 Å². The third-order valence-corrected chi connectivity index (χ3v) is 5.18. The number of hydrogen-bond donors (Lipinski definition) is 1. The molecule has 3 atom stereocenters. The molecular formula is C11H13BrFNOS. The maximum absolute atomic E-state index is 12.9. The fraction of sp³-hybridized carbons (Fsp3) is 0.455. The van der Waals surface area contributed by atoms with Crippen LogP contribution in [-0.4, -0.2) is 21.8 Å². The molecule has 0 aliphatic carbocycles. The van der Waals surface area contributed by atoms with Crippen molar-refractivity contribution in [2.75, 3.05) is 12.3 Å². The fourth-order valence-corrected chi connectivity index (χ4v) is 3.64. The van der Waals surface area contributed by atoms with E-state index in [0.29, 0.717) is 5.75 Å². The highest BCUT2D eigenvalue weighted by Crippen LogP contribution is 2.27. The van der Waals surface area contributed by atoms with E-state index in [0.717, 1.165) is 16.6 Å². The average Bonchev–Trinajstić information content (AvgIpc) is 2.22. The molecule has 0 saturated carbocycles. The Labute approximate surface area is 105 Å². The number of halogens is 2. The molecule has 0 amide bonds. The van der Waals surface area contributed by atoms with Crippen LogP contribution in [0.3, 0.4) is 0 Å². The highest BCUT2D eigenvalue weighted by molar-refractivity contribution is 9.10. The molecule has 1 aromatic rings. The molecule has 0 bridgehead atoms. The smallest absolute Gasteiger partial charge is 0.124 e. The van der Waals surface area contributed by atoms with Crippen molar-refractivity contribution < 1.29 is 8.60 Å². The highest BCUT2D eigenvalue weighted by Gasteiger charge is 2.25. The van der Waals surface area contributed by atoms with Gasteiger partial charge in [-0.05, 0) is 24.6 Å². The monoisotopic (exact) mass is 305 g/mol. The van der Waals surface area contributed by atoms with Gasteiger partial charge in [0.1, 0.15) is 5.82 Å². The van der Waals surface area contributed by atoms with Crippen LogP contribution in [0, 0.1) is 5.82 Å². The Morgan fingerprint density at radius 3 is 2.94 bits per heavy atom. The molecule has 1 aliphatic heterocycles. The first-order valence-corrected chi connectivity index (χ1v) is 7.31. The zero-order valence-electron chi connectivity index (χ0n) is 8.87. The van der Waals surface area contributed by atoms with Crippen LogP contribution in [0.2, 0.25) is 0 Å². The minimum absolute atomic E-state index is 0.0482. The lowest BCUT2D eigenvalue weighted by atomic mass is 10.1. The summed E-state index contributed by atoms with van der Waals surface area (Å²) in [6.07, 6.45) is 0. The second-order valence-corrected chi connectivity index (χ2v) is 6.74. The SMILES string of the molecule is CC1CNC(c2ccc(F)cc2Br)CS1=O. The van der Waals surface area contributed by atoms with Crippen LogP contribution in [0.15, 0.2) is 22.7 Å². The van der Waals surface area contributed by atoms with Crippen molar-refractivity contribution in [1.29, 1.82) is 0 Å². The van der Waals surface area contributed by atoms with E-state index < -0.39 is 10.8 Å². The largest absolute Gasteiger partial charge is 0.308 e. The third kappa shape index (κ3) is 2.52. The van der Waals surface area contributed by atoms with Crippen molar-refractivity contribution in [1.82, 2.24) is 5.32 Å². The van der Waals surface area contributed by atoms with Crippen LogP contribution >= 0.6 is 15.9 Å². The van der Waals surface area contributed by atoms with Crippen LogP contribution in [0.25, 0.3) is 0 Å². The second-order valence-electron chi connectivity index (χ2n) is 3.98. The molecule has 1 aliphatic rings. The molecular weight excluding hydrogens is 293 g/mol. The van der Waals surface area contributed by atoms with Gasteiger partial charge in [-0.15, -0.1) is 0 Å². The zero-order valence-corrected chi connectivity index (χ0v) is 11.3. The molecule has 0 spiro atoms. The molecule has 2 nitrogen and oxygen atoms in total. The summed E-state index contributed by atoms with van der Waals surface area (Å²) in [4.78, 5) is 0. The Hall–Kier alpha value is -0.260. The van der Waals surface area contributed by atoms with Crippen molar-refractivity contribution >= 4 is 26.7 Å². The van der Waals surface area contributed by atoms with Crippen LogP contribution in [-0.2, 0) is 10.8 Å². The topological polar surface area (TPSA) is 29.1 Å². The first-order chi connectivity index (χ1) is 7.58. The predicted octanol–water partition coefficient (Wildman–Crippen LogP) is 2.37. The first-order valence-electron chi connectivity index (χ1n) is 5.13. The van der Waals surface area contributed by atoms with Gasteiger partial charge >= 0.3 is 0 Å². The van der Waals surface area contributed by atoms with Gasteiger partial charge in [0.2, 0.25) is 0 Å². The Balaban J connectivity index is 2.22. The summed E-state index contributed by atoms with van der Waals surface area (Å²) < 4.78 is 25.4. The van der Waals surface area contributed by atoms with E-state index in [1.807, 2.05) is 6.92 Å². The van der Waals surface area contributed by atoms with E-state index in [9.17, 15) is 8.60 Å². The van der Waals surface area contributed by atoms with Gasteiger partial charge in [0.15, 0.2) is 0 Å².